The second-order valence-corrected chi connectivity index (χ2v) is 5.08. The molecule has 6 heteroatoms. The molecule has 1 aliphatic heterocycles. The molecule has 1 aromatic rings. The molecule has 1 N–H and O–H groups in total. The molecule has 0 spiro atoms. The summed E-state index contributed by atoms with van der Waals surface area (Å²) in [5.41, 5.74) is 0. The third kappa shape index (κ3) is 4.02. The van der Waals surface area contributed by atoms with Crippen molar-refractivity contribution < 1.29 is 9.32 Å². The molecule has 19 heavy (non-hydrogen) atoms. The van der Waals surface area contributed by atoms with Crippen LogP contribution in [0.3, 0.4) is 0 Å². The number of amides is 1. The Kier molecular flexibility index (Phi) is 4.90. The Morgan fingerprint density at radius 3 is 2.63 bits per heavy atom. The second-order valence-electron chi connectivity index (χ2n) is 5.08. The average Bonchev–Trinajstić information content (AvgIpc) is 2.67. The normalized spacial score (nSPS) is 18.1. The molecule has 1 fully saturated rings. The van der Waals surface area contributed by atoms with Gasteiger partial charge < -0.3 is 9.42 Å². The van der Waals surface area contributed by atoms with Crippen molar-refractivity contribution in [2.24, 2.45) is 0 Å². The quantitative estimate of drug-likeness (QED) is 0.888. The summed E-state index contributed by atoms with van der Waals surface area (Å²) in [4.78, 5) is 18.3. The summed E-state index contributed by atoms with van der Waals surface area (Å²) in [6, 6.07) is -0.217. The number of carbonyl (C=O) groups excluding carboxylic acids is 1. The van der Waals surface area contributed by atoms with Crippen molar-refractivity contribution in [2.45, 2.75) is 52.1 Å². The number of aryl methyl sites for hydroxylation is 1. The largest absolute Gasteiger partial charge is 0.341 e. The summed E-state index contributed by atoms with van der Waals surface area (Å²) in [6.45, 7) is 5.85. The maximum atomic E-state index is 12.3. The molecule has 1 amide bonds. The monoisotopic (exact) mass is 266 g/mol. The average molecular weight is 266 g/mol. The van der Waals surface area contributed by atoms with E-state index >= 15 is 0 Å². The lowest BCUT2D eigenvalue weighted by Gasteiger charge is -2.24. The maximum absolute atomic E-state index is 12.3. The summed E-state index contributed by atoms with van der Waals surface area (Å²) < 4.78 is 5.01. The van der Waals surface area contributed by atoms with Crippen molar-refractivity contribution in [2.75, 3.05) is 13.1 Å². The molecular weight excluding hydrogens is 244 g/mol. The van der Waals surface area contributed by atoms with Crippen LogP contribution in [-0.4, -0.2) is 40.1 Å². The van der Waals surface area contributed by atoms with Crippen molar-refractivity contribution >= 4 is 5.91 Å². The number of aromatic nitrogens is 2. The first-order chi connectivity index (χ1) is 9.16. The van der Waals surface area contributed by atoms with Gasteiger partial charge in [-0.2, -0.15) is 4.98 Å². The summed E-state index contributed by atoms with van der Waals surface area (Å²) >= 11 is 0. The molecule has 1 aromatic heterocycles. The van der Waals surface area contributed by atoms with E-state index in [0.29, 0.717) is 18.3 Å². The lowest BCUT2D eigenvalue weighted by molar-refractivity contribution is -0.133. The summed E-state index contributed by atoms with van der Waals surface area (Å²) in [6.07, 6.45) is 4.68. The standard InChI is InChI=1S/C13H22N4O2/c1-10(14-9-12-15-11(2)16-19-12)13(18)17-7-5-3-4-6-8-17/h10,14H,3-9H2,1-2H3. The van der Waals surface area contributed by atoms with E-state index in [9.17, 15) is 4.79 Å². The zero-order valence-electron chi connectivity index (χ0n) is 11.7. The lowest BCUT2D eigenvalue weighted by Crippen LogP contribution is -2.45. The first-order valence-corrected chi connectivity index (χ1v) is 6.98. The first-order valence-electron chi connectivity index (χ1n) is 6.98. The summed E-state index contributed by atoms with van der Waals surface area (Å²) in [5.74, 6) is 1.30. The fourth-order valence-electron chi connectivity index (χ4n) is 2.30. The zero-order valence-corrected chi connectivity index (χ0v) is 11.7. The predicted octanol–water partition coefficient (Wildman–Crippen LogP) is 1.26. The van der Waals surface area contributed by atoms with Crippen LogP contribution in [0.1, 0.15) is 44.3 Å². The van der Waals surface area contributed by atoms with Gasteiger partial charge in [-0.15, -0.1) is 0 Å². The van der Waals surface area contributed by atoms with Gasteiger partial charge >= 0.3 is 0 Å². The van der Waals surface area contributed by atoms with Crippen molar-refractivity contribution in [3.8, 4) is 0 Å². The molecule has 2 rings (SSSR count). The molecule has 0 saturated carbocycles. The molecule has 0 bridgehead atoms. The number of nitrogens with zero attached hydrogens (tertiary/aromatic N) is 3. The highest BCUT2D eigenvalue weighted by molar-refractivity contribution is 5.81. The Morgan fingerprint density at radius 2 is 2.05 bits per heavy atom. The van der Waals surface area contributed by atoms with Gasteiger partial charge in [-0.1, -0.05) is 18.0 Å². The van der Waals surface area contributed by atoms with Crippen molar-refractivity contribution in [1.29, 1.82) is 0 Å². The van der Waals surface area contributed by atoms with Crippen LogP contribution < -0.4 is 5.32 Å². The van der Waals surface area contributed by atoms with Crippen LogP contribution in [0.25, 0.3) is 0 Å². The van der Waals surface area contributed by atoms with Gasteiger partial charge in [0.1, 0.15) is 0 Å². The fraction of sp³-hybridized carbons (Fsp3) is 0.769. The Balaban J connectivity index is 1.81. The minimum absolute atomic E-state index is 0.165. The minimum Gasteiger partial charge on any atom is -0.341 e. The summed E-state index contributed by atoms with van der Waals surface area (Å²) in [7, 11) is 0. The Hall–Kier alpha value is -1.43. The van der Waals surface area contributed by atoms with E-state index in [1.54, 1.807) is 6.92 Å². The molecule has 1 saturated heterocycles. The molecular formula is C13H22N4O2. The van der Waals surface area contributed by atoms with Gasteiger partial charge in [0, 0.05) is 13.1 Å². The number of likely N-dealkylation sites (tertiary alicyclic amines) is 1. The van der Waals surface area contributed by atoms with E-state index in [2.05, 4.69) is 15.5 Å². The van der Waals surface area contributed by atoms with Crippen molar-refractivity contribution in [3.05, 3.63) is 11.7 Å². The molecule has 0 aromatic carbocycles. The van der Waals surface area contributed by atoms with Gasteiger partial charge in [0.25, 0.3) is 0 Å². The van der Waals surface area contributed by atoms with Gasteiger partial charge in [-0.05, 0) is 26.7 Å². The van der Waals surface area contributed by atoms with Gasteiger partial charge in [0.15, 0.2) is 5.82 Å². The lowest BCUT2D eigenvalue weighted by atomic mass is 10.2. The van der Waals surface area contributed by atoms with E-state index in [1.165, 1.54) is 12.8 Å². The second kappa shape index (κ2) is 6.65. The molecule has 1 unspecified atom stereocenters. The van der Waals surface area contributed by atoms with Gasteiger partial charge in [0.05, 0.1) is 12.6 Å². The molecule has 2 heterocycles. The highest BCUT2D eigenvalue weighted by atomic mass is 16.5. The number of hydrogen-bond donors (Lipinski definition) is 1. The van der Waals surface area contributed by atoms with E-state index in [4.69, 9.17) is 4.52 Å². The van der Waals surface area contributed by atoms with Crippen molar-refractivity contribution in [1.82, 2.24) is 20.4 Å². The Bertz CT molecular complexity index is 411. The Labute approximate surface area is 113 Å². The van der Waals surface area contributed by atoms with E-state index < -0.39 is 0 Å². The highest BCUT2D eigenvalue weighted by Crippen LogP contribution is 2.10. The first kappa shape index (κ1) is 14.0. The van der Waals surface area contributed by atoms with Crippen LogP contribution in [0, 0.1) is 6.92 Å². The minimum atomic E-state index is -0.217. The maximum Gasteiger partial charge on any atom is 0.240 e. The van der Waals surface area contributed by atoms with E-state index in [-0.39, 0.29) is 11.9 Å². The summed E-state index contributed by atoms with van der Waals surface area (Å²) in [5, 5.41) is 6.86. The van der Waals surface area contributed by atoms with Crippen LogP contribution in [0.4, 0.5) is 0 Å². The Morgan fingerprint density at radius 1 is 1.37 bits per heavy atom. The van der Waals surface area contributed by atoms with Crippen LogP contribution in [0.15, 0.2) is 4.52 Å². The highest BCUT2D eigenvalue weighted by Gasteiger charge is 2.21. The van der Waals surface area contributed by atoms with E-state index in [0.717, 1.165) is 25.9 Å². The molecule has 106 valence electrons. The number of nitrogens with one attached hydrogen (secondary N) is 1. The van der Waals surface area contributed by atoms with E-state index in [1.807, 2.05) is 11.8 Å². The van der Waals surface area contributed by atoms with Crippen LogP contribution in [-0.2, 0) is 11.3 Å². The van der Waals surface area contributed by atoms with Crippen LogP contribution >= 0.6 is 0 Å². The number of carbonyl (C=O) groups is 1. The van der Waals surface area contributed by atoms with Crippen molar-refractivity contribution in [3.63, 3.8) is 0 Å². The number of hydrogen-bond acceptors (Lipinski definition) is 5. The zero-order chi connectivity index (χ0) is 13.7. The van der Waals surface area contributed by atoms with Crippen LogP contribution in [0.5, 0.6) is 0 Å². The third-order valence-corrected chi connectivity index (χ3v) is 3.42. The van der Waals surface area contributed by atoms with Gasteiger partial charge in [-0.3, -0.25) is 10.1 Å². The molecule has 0 radical (unpaired) electrons. The van der Waals surface area contributed by atoms with Gasteiger partial charge in [-0.25, -0.2) is 0 Å². The SMILES string of the molecule is Cc1noc(CNC(C)C(=O)N2CCCCCC2)n1. The molecule has 1 atom stereocenters. The number of rotatable bonds is 4. The molecule has 0 aliphatic carbocycles. The molecule has 6 nitrogen and oxygen atoms in total. The molecule has 1 aliphatic rings. The van der Waals surface area contributed by atoms with Gasteiger partial charge in [0.2, 0.25) is 11.8 Å². The fourth-order valence-corrected chi connectivity index (χ4v) is 2.30. The smallest absolute Gasteiger partial charge is 0.240 e. The predicted molar refractivity (Wildman–Crippen MR) is 70.4 cm³/mol. The third-order valence-electron chi connectivity index (χ3n) is 3.42. The van der Waals surface area contributed by atoms with Crippen LogP contribution in [0.2, 0.25) is 0 Å². The topological polar surface area (TPSA) is 71.3 Å².